The highest BCUT2D eigenvalue weighted by atomic mass is 32.2. The first-order valence-electron chi connectivity index (χ1n) is 5.61. The quantitative estimate of drug-likeness (QED) is 0.625. The minimum absolute atomic E-state index is 0.294. The van der Waals surface area contributed by atoms with Gasteiger partial charge in [-0.1, -0.05) is 6.07 Å². The van der Waals surface area contributed by atoms with Gasteiger partial charge in [0.2, 0.25) is 0 Å². The molecule has 0 unspecified atom stereocenters. The number of thioether (sulfide) groups is 1. The molecule has 0 saturated carbocycles. The van der Waals surface area contributed by atoms with Gasteiger partial charge in [0.15, 0.2) is 0 Å². The summed E-state index contributed by atoms with van der Waals surface area (Å²) in [5.41, 5.74) is 2.74. The van der Waals surface area contributed by atoms with Crippen LogP contribution in [0.3, 0.4) is 0 Å². The predicted molar refractivity (Wildman–Crippen MR) is 74.0 cm³/mol. The van der Waals surface area contributed by atoms with Crippen molar-refractivity contribution in [3.05, 3.63) is 29.3 Å². The van der Waals surface area contributed by atoms with Gasteiger partial charge in [0.05, 0.1) is 12.7 Å². The largest absolute Gasteiger partial charge is 0.465 e. The van der Waals surface area contributed by atoms with E-state index in [0.29, 0.717) is 5.56 Å². The van der Waals surface area contributed by atoms with Crippen molar-refractivity contribution in [1.29, 1.82) is 0 Å². The Hall–Kier alpha value is -1.16. The Kier molecular flexibility index (Phi) is 5.91. The third-order valence-electron chi connectivity index (χ3n) is 2.50. The van der Waals surface area contributed by atoms with Crippen molar-refractivity contribution in [2.75, 3.05) is 31.0 Å². The highest BCUT2D eigenvalue weighted by molar-refractivity contribution is 7.98. The summed E-state index contributed by atoms with van der Waals surface area (Å²) >= 11 is 1.84. The first-order valence-corrected chi connectivity index (χ1v) is 7.00. The van der Waals surface area contributed by atoms with E-state index in [0.717, 1.165) is 30.0 Å². The maximum atomic E-state index is 11.4. The molecule has 0 aliphatic carbocycles. The summed E-state index contributed by atoms with van der Waals surface area (Å²) in [5, 5.41) is 3.35. The van der Waals surface area contributed by atoms with E-state index in [1.165, 1.54) is 7.11 Å². The van der Waals surface area contributed by atoms with Crippen LogP contribution in [0.2, 0.25) is 0 Å². The zero-order chi connectivity index (χ0) is 12.7. The molecule has 0 aliphatic heterocycles. The Morgan fingerprint density at radius 3 is 2.88 bits per heavy atom. The van der Waals surface area contributed by atoms with Gasteiger partial charge in [-0.25, -0.2) is 4.79 Å². The molecule has 0 aliphatic rings. The van der Waals surface area contributed by atoms with Crippen LogP contribution >= 0.6 is 11.8 Å². The van der Waals surface area contributed by atoms with E-state index in [1.54, 1.807) is 6.07 Å². The molecule has 0 aromatic heterocycles. The number of hydrogen-bond donors (Lipinski definition) is 1. The number of anilines is 1. The van der Waals surface area contributed by atoms with Gasteiger partial charge in [-0.3, -0.25) is 0 Å². The number of aryl methyl sites for hydroxylation is 1. The van der Waals surface area contributed by atoms with Gasteiger partial charge in [0, 0.05) is 12.2 Å². The average molecular weight is 253 g/mol. The normalized spacial score (nSPS) is 10.1. The van der Waals surface area contributed by atoms with E-state index in [-0.39, 0.29) is 5.97 Å². The van der Waals surface area contributed by atoms with Crippen LogP contribution < -0.4 is 5.32 Å². The molecule has 1 rings (SSSR count). The molecule has 0 atom stereocenters. The summed E-state index contributed by atoms with van der Waals surface area (Å²) in [6.07, 6.45) is 3.21. The third-order valence-corrected chi connectivity index (χ3v) is 3.20. The highest BCUT2D eigenvalue weighted by Crippen LogP contribution is 2.17. The fourth-order valence-corrected chi connectivity index (χ4v) is 1.93. The van der Waals surface area contributed by atoms with Gasteiger partial charge in [0.1, 0.15) is 0 Å². The van der Waals surface area contributed by atoms with Crippen LogP contribution in [0.15, 0.2) is 18.2 Å². The van der Waals surface area contributed by atoms with Crippen LogP contribution in [-0.4, -0.2) is 31.6 Å². The summed E-state index contributed by atoms with van der Waals surface area (Å²) in [6.45, 7) is 2.95. The second-order valence-electron chi connectivity index (χ2n) is 3.79. The predicted octanol–water partition coefficient (Wildman–Crippen LogP) is 2.95. The van der Waals surface area contributed by atoms with E-state index < -0.39 is 0 Å². The minimum atomic E-state index is -0.294. The summed E-state index contributed by atoms with van der Waals surface area (Å²) in [4.78, 5) is 11.4. The molecule has 0 bridgehead atoms. The molecule has 94 valence electrons. The van der Waals surface area contributed by atoms with Crippen LogP contribution in [0, 0.1) is 6.92 Å². The second kappa shape index (κ2) is 7.22. The van der Waals surface area contributed by atoms with Crippen molar-refractivity contribution in [2.24, 2.45) is 0 Å². The van der Waals surface area contributed by atoms with E-state index >= 15 is 0 Å². The van der Waals surface area contributed by atoms with Crippen molar-refractivity contribution in [3.63, 3.8) is 0 Å². The van der Waals surface area contributed by atoms with Crippen molar-refractivity contribution < 1.29 is 9.53 Å². The molecule has 0 saturated heterocycles. The number of rotatable bonds is 6. The molecular formula is C13H19NO2S. The summed E-state index contributed by atoms with van der Waals surface area (Å²) in [5.74, 6) is 0.847. The maximum absolute atomic E-state index is 11.4. The molecule has 0 fully saturated rings. The second-order valence-corrected chi connectivity index (χ2v) is 4.78. The standard InChI is InChI=1S/C13H19NO2S/c1-10-5-6-11(13(15)16-2)9-12(10)14-7-4-8-17-3/h5-6,9,14H,4,7-8H2,1-3H3. The molecule has 0 spiro atoms. The van der Waals surface area contributed by atoms with E-state index in [4.69, 9.17) is 4.74 Å². The number of methoxy groups -OCH3 is 1. The minimum Gasteiger partial charge on any atom is -0.465 e. The summed E-state index contributed by atoms with van der Waals surface area (Å²) < 4.78 is 4.70. The number of esters is 1. The number of nitrogens with one attached hydrogen (secondary N) is 1. The van der Waals surface area contributed by atoms with Crippen molar-refractivity contribution in [1.82, 2.24) is 0 Å². The maximum Gasteiger partial charge on any atom is 0.337 e. The van der Waals surface area contributed by atoms with Crippen LogP contribution in [0.4, 0.5) is 5.69 Å². The molecule has 0 heterocycles. The molecule has 17 heavy (non-hydrogen) atoms. The number of hydrogen-bond acceptors (Lipinski definition) is 4. The molecule has 0 radical (unpaired) electrons. The lowest BCUT2D eigenvalue weighted by molar-refractivity contribution is 0.0601. The molecule has 1 aromatic rings. The number of carbonyl (C=O) groups excluding carboxylic acids is 1. The smallest absolute Gasteiger partial charge is 0.337 e. The van der Waals surface area contributed by atoms with Crippen LogP contribution in [0.5, 0.6) is 0 Å². The first kappa shape index (κ1) is 13.9. The van der Waals surface area contributed by atoms with Crippen LogP contribution in [-0.2, 0) is 4.74 Å². The lowest BCUT2D eigenvalue weighted by Crippen LogP contribution is -2.07. The van der Waals surface area contributed by atoms with Gasteiger partial charge < -0.3 is 10.1 Å². The Bertz CT molecular complexity index is 380. The third kappa shape index (κ3) is 4.30. The highest BCUT2D eigenvalue weighted by Gasteiger charge is 2.07. The van der Waals surface area contributed by atoms with Crippen LogP contribution in [0.25, 0.3) is 0 Å². The van der Waals surface area contributed by atoms with Gasteiger partial charge in [0.25, 0.3) is 0 Å². The fraction of sp³-hybridized carbons (Fsp3) is 0.462. The van der Waals surface area contributed by atoms with E-state index in [1.807, 2.05) is 30.8 Å². The topological polar surface area (TPSA) is 38.3 Å². The Balaban J connectivity index is 2.66. The van der Waals surface area contributed by atoms with Gasteiger partial charge in [-0.15, -0.1) is 0 Å². The molecule has 3 nitrogen and oxygen atoms in total. The first-order chi connectivity index (χ1) is 8.19. The van der Waals surface area contributed by atoms with Gasteiger partial charge in [-0.05, 0) is 43.0 Å². The molecule has 0 amide bonds. The monoisotopic (exact) mass is 253 g/mol. The van der Waals surface area contributed by atoms with Gasteiger partial charge >= 0.3 is 5.97 Å². The molecular weight excluding hydrogens is 234 g/mol. The number of benzene rings is 1. The molecule has 4 heteroatoms. The van der Waals surface area contributed by atoms with E-state index in [2.05, 4.69) is 11.6 Å². The molecule has 1 aromatic carbocycles. The van der Waals surface area contributed by atoms with Crippen LogP contribution in [0.1, 0.15) is 22.3 Å². The van der Waals surface area contributed by atoms with Crippen molar-refractivity contribution in [3.8, 4) is 0 Å². The fourth-order valence-electron chi connectivity index (χ4n) is 1.50. The summed E-state index contributed by atoms with van der Waals surface area (Å²) in [7, 11) is 1.40. The van der Waals surface area contributed by atoms with Crippen molar-refractivity contribution in [2.45, 2.75) is 13.3 Å². The summed E-state index contributed by atoms with van der Waals surface area (Å²) in [6, 6.07) is 5.57. The van der Waals surface area contributed by atoms with E-state index in [9.17, 15) is 4.79 Å². The number of carbonyl (C=O) groups is 1. The zero-order valence-corrected chi connectivity index (χ0v) is 11.4. The lowest BCUT2D eigenvalue weighted by Gasteiger charge is -2.10. The molecule has 1 N–H and O–H groups in total. The number of ether oxygens (including phenoxy) is 1. The SMILES string of the molecule is COC(=O)c1ccc(C)c(NCCCSC)c1. The Morgan fingerprint density at radius 2 is 2.24 bits per heavy atom. The Labute approximate surface area is 107 Å². The average Bonchev–Trinajstić information content (AvgIpc) is 2.35. The van der Waals surface area contributed by atoms with Gasteiger partial charge in [-0.2, -0.15) is 11.8 Å². The Morgan fingerprint density at radius 1 is 1.47 bits per heavy atom. The lowest BCUT2D eigenvalue weighted by atomic mass is 10.1. The van der Waals surface area contributed by atoms with Crippen molar-refractivity contribution >= 4 is 23.4 Å². The zero-order valence-electron chi connectivity index (χ0n) is 10.6.